The van der Waals surface area contributed by atoms with Gasteiger partial charge in [-0.25, -0.2) is 0 Å². The van der Waals surface area contributed by atoms with Crippen LogP contribution in [0.2, 0.25) is 0 Å². The lowest BCUT2D eigenvalue weighted by atomic mass is 10.2. The van der Waals surface area contributed by atoms with E-state index in [1.165, 1.54) is 0 Å². The fourth-order valence-electron chi connectivity index (χ4n) is 0.212. The van der Waals surface area contributed by atoms with Gasteiger partial charge in [0.05, 0.1) is 18.8 Å². The minimum absolute atomic E-state index is 0.390. The van der Waals surface area contributed by atoms with E-state index in [1.54, 1.807) is 0 Å². The van der Waals surface area contributed by atoms with Gasteiger partial charge in [0, 0.05) is 0 Å². The quantitative estimate of drug-likeness (QED) is 0.370. The molecule has 0 aliphatic carbocycles. The Balaban J connectivity index is 3.44. The molecular formula is C4H9NO3. The second-order valence-electron chi connectivity index (χ2n) is 1.46. The molecule has 0 fully saturated rings. The zero-order chi connectivity index (χ0) is 6.57. The Bertz CT molecular complexity index is 75.7. The van der Waals surface area contributed by atoms with E-state index in [2.05, 4.69) is 0 Å². The fourth-order valence-corrected chi connectivity index (χ4v) is 0.212. The van der Waals surface area contributed by atoms with Gasteiger partial charge in [-0.15, -0.1) is 0 Å². The van der Waals surface area contributed by atoms with Crippen molar-refractivity contribution in [2.24, 2.45) is 5.73 Å². The van der Waals surface area contributed by atoms with Gasteiger partial charge in [0.15, 0.2) is 0 Å². The number of aliphatic hydroxyl groups is 2. The number of nitrogens with two attached hydrogens (primary N) is 1. The van der Waals surface area contributed by atoms with E-state index in [1.807, 2.05) is 0 Å². The van der Waals surface area contributed by atoms with E-state index >= 15 is 0 Å². The standard InChI is InChI=1S/C4H9NO3/c5-3(1-6)4(8)2-7/h1,3-4,7-8H,2,5H2. The molecule has 0 spiro atoms. The third kappa shape index (κ3) is 2.02. The van der Waals surface area contributed by atoms with Crippen molar-refractivity contribution in [3.8, 4) is 0 Å². The highest BCUT2D eigenvalue weighted by molar-refractivity contribution is 5.57. The smallest absolute Gasteiger partial charge is 0.139 e. The molecule has 0 rings (SSSR count). The third-order valence-electron chi connectivity index (χ3n) is 0.788. The monoisotopic (exact) mass is 119 g/mol. The number of aliphatic hydroxyl groups excluding tert-OH is 2. The summed E-state index contributed by atoms with van der Waals surface area (Å²) in [5.41, 5.74) is 4.95. The topological polar surface area (TPSA) is 83.6 Å². The SMILES string of the molecule is NC(C=O)C(O)CO. The van der Waals surface area contributed by atoms with Gasteiger partial charge in [-0.3, -0.25) is 0 Å². The van der Waals surface area contributed by atoms with Gasteiger partial charge in [-0.05, 0) is 0 Å². The molecule has 0 aromatic rings. The van der Waals surface area contributed by atoms with E-state index in [4.69, 9.17) is 15.9 Å². The van der Waals surface area contributed by atoms with E-state index in [0.29, 0.717) is 6.29 Å². The number of rotatable bonds is 3. The van der Waals surface area contributed by atoms with E-state index < -0.39 is 18.8 Å². The molecular weight excluding hydrogens is 110 g/mol. The molecule has 0 bridgehead atoms. The number of aldehydes is 1. The molecule has 0 radical (unpaired) electrons. The molecule has 0 amide bonds. The van der Waals surface area contributed by atoms with E-state index in [0.717, 1.165) is 0 Å². The number of carbonyl (C=O) groups is 1. The molecule has 0 aromatic carbocycles. The average molecular weight is 119 g/mol. The maximum atomic E-state index is 9.71. The van der Waals surface area contributed by atoms with Crippen LogP contribution in [-0.2, 0) is 4.79 Å². The van der Waals surface area contributed by atoms with Crippen molar-refractivity contribution in [1.29, 1.82) is 0 Å². The van der Waals surface area contributed by atoms with Crippen LogP contribution >= 0.6 is 0 Å². The van der Waals surface area contributed by atoms with Gasteiger partial charge in [0.25, 0.3) is 0 Å². The molecule has 0 saturated carbocycles. The molecule has 2 unspecified atom stereocenters. The van der Waals surface area contributed by atoms with Crippen molar-refractivity contribution in [2.45, 2.75) is 12.1 Å². The first kappa shape index (κ1) is 7.55. The molecule has 8 heavy (non-hydrogen) atoms. The summed E-state index contributed by atoms with van der Waals surface area (Å²) in [6, 6.07) is -0.958. The summed E-state index contributed by atoms with van der Waals surface area (Å²) in [5.74, 6) is 0. The van der Waals surface area contributed by atoms with Crippen LogP contribution in [0.15, 0.2) is 0 Å². The lowest BCUT2D eigenvalue weighted by molar-refractivity contribution is -0.111. The summed E-state index contributed by atoms with van der Waals surface area (Å²) in [6.45, 7) is -0.472. The van der Waals surface area contributed by atoms with Crippen molar-refractivity contribution in [2.75, 3.05) is 6.61 Å². The summed E-state index contributed by atoms with van der Waals surface area (Å²) in [7, 11) is 0. The minimum atomic E-state index is -1.12. The van der Waals surface area contributed by atoms with Crippen LogP contribution in [0.1, 0.15) is 0 Å². The lowest BCUT2D eigenvalue weighted by Gasteiger charge is -2.07. The maximum Gasteiger partial charge on any atom is 0.139 e. The van der Waals surface area contributed by atoms with Crippen LogP contribution in [-0.4, -0.2) is 35.3 Å². The highest BCUT2D eigenvalue weighted by atomic mass is 16.3. The lowest BCUT2D eigenvalue weighted by Crippen LogP contribution is -2.38. The van der Waals surface area contributed by atoms with Crippen LogP contribution in [0.5, 0.6) is 0 Å². The minimum Gasteiger partial charge on any atom is -0.394 e. The Hall–Kier alpha value is -0.450. The molecule has 0 aromatic heterocycles. The molecule has 48 valence electrons. The summed E-state index contributed by atoms with van der Waals surface area (Å²) in [4.78, 5) is 9.71. The molecule has 0 aliphatic heterocycles. The first-order valence-corrected chi connectivity index (χ1v) is 2.22. The molecule has 0 aliphatic rings. The fraction of sp³-hybridized carbons (Fsp3) is 0.750. The molecule has 4 N–H and O–H groups in total. The number of carbonyl (C=O) groups excluding carboxylic acids is 1. The highest BCUT2D eigenvalue weighted by Gasteiger charge is 2.10. The van der Waals surface area contributed by atoms with Crippen LogP contribution in [0, 0.1) is 0 Å². The van der Waals surface area contributed by atoms with Crippen molar-refractivity contribution in [3.05, 3.63) is 0 Å². The Morgan fingerprint density at radius 1 is 1.75 bits per heavy atom. The van der Waals surface area contributed by atoms with Gasteiger partial charge in [-0.1, -0.05) is 0 Å². The van der Waals surface area contributed by atoms with Crippen molar-refractivity contribution < 1.29 is 15.0 Å². The average Bonchev–Trinajstić information content (AvgIpc) is 1.84. The van der Waals surface area contributed by atoms with Gasteiger partial charge in [0.1, 0.15) is 6.29 Å². The molecule has 4 heteroatoms. The van der Waals surface area contributed by atoms with Gasteiger partial charge >= 0.3 is 0 Å². The van der Waals surface area contributed by atoms with Crippen LogP contribution in [0.4, 0.5) is 0 Å². The Kier molecular flexibility index (Phi) is 3.34. The van der Waals surface area contributed by atoms with E-state index in [9.17, 15) is 4.79 Å². The molecule has 4 nitrogen and oxygen atoms in total. The van der Waals surface area contributed by atoms with Crippen molar-refractivity contribution in [1.82, 2.24) is 0 Å². The first-order chi connectivity index (χ1) is 3.72. The van der Waals surface area contributed by atoms with Crippen LogP contribution in [0.25, 0.3) is 0 Å². The van der Waals surface area contributed by atoms with E-state index in [-0.39, 0.29) is 0 Å². The Labute approximate surface area is 46.9 Å². The number of hydrogen-bond acceptors (Lipinski definition) is 4. The van der Waals surface area contributed by atoms with Crippen molar-refractivity contribution in [3.63, 3.8) is 0 Å². The number of hydrogen-bond donors (Lipinski definition) is 3. The first-order valence-electron chi connectivity index (χ1n) is 2.22. The van der Waals surface area contributed by atoms with Gasteiger partial charge < -0.3 is 20.7 Å². The molecule has 0 saturated heterocycles. The summed E-state index contributed by atoms with van der Waals surface area (Å²) >= 11 is 0. The van der Waals surface area contributed by atoms with Crippen LogP contribution < -0.4 is 5.73 Å². The second kappa shape index (κ2) is 3.54. The summed E-state index contributed by atoms with van der Waals surface area (Å²) in [5, 5.41) is 16.7. The summed E-state index contributed by atoms with van der Waals surface area (Å²) in [6.07, 6.45) is -0.728. The molecule has 0 heterocycles. The Morgan fingerprint density at radius 3 is 2.38 bits per heavy atom. The Morgan fingerprint density at radius 2 is 2.25 bits per heavy atom. The predicted octanol–water partition coefficient (Wildman–Crippen LogP) is -2.13. The predicted molar refractivity (Wildman–Crippen MR) is 27.1 cm³/mol. The largest absolute Gasteiger partial charge is 0.394 e. The normalized spacial score (nSPS) is 17.4. The summed E-state index contributed by atoms with van der Waals surface area (Å²) < 4.78 is 0. The van der Waals surface area contributed by atoms with Crippen LogP contribution in [0.3, 0.4) is 0 Å². The molecule has 2 atom stereocenters. The second-order valence-corrected chi connectivity index (χ2v) is 1.46. The zero-order valence-corrected chi connectivity index (χ0v) is 4.32. The van der Waals surface area contributed by atoms with Gasteiger partial charge in [0.2, 0.25) is 0 Å². The third-order valence-corrected chi connectivity index (χ3v) is 0.788. The van der Waals surface area contributed by atoms with Crippen molar-refractivity contribution >= 4 is 6.29 Å². The zero-order valence-electron chi connectivity index (χ0n) is 4.32. The van der Waals surface area contributed by atoms with Gasteiger partial charge in [-0.2, -0.15) is 0 Å². The maximum absolute atomic E-state index is 9.71. The highest BCUT2D eigenvalue weighted by Crippen LogP contribution is 1.82.